The molecule has 0 aliphatic heterocycles. The molecule has 0 spiro atoms. The van der Waals surface area contributed by atoms with Crippen LogP contribution in [0.3, 0.4) is 0 Å². The van der Waals surface area contributed by atoms with Crippen LogP contribution in [-0.2, 0) is 32.0 Å². The van der Waals surface area contributed by atoms with Crippen LogP contribution in [0.5, 0.6) is 0 Å². The Morgan fingerprint density at radius 1 is 0.596 bits per heavy atom. The molecule has 0 radical (unpaired) electrons. The molecule has 0 heterocycles. The van der Waals surface area contributed by atoms with E-state index in [2.05, 4.69) is 10.6 Å². The summed E-state index contributed by atoms with van der Waals surface area (Å²) in [4.78, 5) is 69.1. The summed E-state index contributed by atoms with van der Waals surface area (Å²) >= 11 is 0. The van der Waals surface area contributed by atoms with Gasteiger partial charge in [-0.25, -0.2) is 0 Å². The van der Waals surface area contributed by atoms with Crippen molar-refractivity contribution >= 4 is 46.5 Å². The van der Waals surface area contributed by atoms with Gasteiger partial charge in [-0.1, -0.05) is 32.6 Å². The fraction of sp³-hybridized carbons (Fsp3) is 0.526. The number of amides is 2. The van der Waals surface area contributed by atoms with E-state index in [-0.39, 0.29) is 29.8 Å². The molecule has 0 bridgehead atoms. The lowest BCUT2D eigenvalue weighted by Gasteiger charge is -2.16. The third-order valence-electron chi connectivity index (χ3n) is 8.63. The lowest BCUT2D eigenvalue weighted by Crippen LogP contribution is -2.14. The first-order valence-electron chi connectivity index (χ1n) is 17.3. The molecule has 4 rings (SSSR count). The van der Waals surface area contributed by atoms with E-state index in [1.165, 1.54) is 0 Å². The molecule has 254 valence electrons. The van der Waals surface area contributed by atoms with Crippen molar-refractivity contribution < 1.29 is 33.9 Å². The SMILES string of the molecule is CCC(=O)CCCCCCC(=O)Nc1ccc2c(c1)CCCC2=O.O=C(O)CCCCCCC(=O)Nc1ccc2c(c1)CCCC2=O. The number of aliphatic carboxylic acids is 1. The lowest BCUT2D eigenvalue weighted by atomic mass is 9.90. The minimum atomic E-state index is -0.770. The zero-order chi connectivity index (χ0) is 34.0. The van der Waals surface area contributed by atoms with E-state index >= 15 is 0 Å². The number of carboxylic acids is 1. The van der Waals surface area contributed by atoms with Crippen LogP contribution in [0.1, 0.15) is 148 Å². The Kier molecular flexibility index (Phi) is 16.0. The fourth-order valence-corrected chi connectivity index (χ4v) is 5.95. The molecule has 9 heteroatoms. The highest BCUT2D eigenvalue weighted by atomic mass is 16.4. The van der Waals surface area contributed by atoms with Crippen molar-refractivity contribution in [3.05, 3.63) is 58.7 Å². The molecule has 2 aromatic carbocycles. The third-order valence-corrected chi connectivity index (χ3v) is 8.63. The van der Waals surface area contributed by atoms with Gasteiger partial charge in [-0.05, 0) is 98.9 Å². The Morgan fingerprint density at radius 3 is 1.45 bits per heavy atom. The molecule has 0 aromatic heterocycles. The highest BCUT2D eigenvalue weighted by Gasteiger charge is 2.18. The Bertz CT molecular complexity index is 1410. The van der Waals surface area contributed by atoms with Crippen molar-refractivity contribution in [3.63, 3.8) is 0 Å². The van der Waals surface area contributed by atoms with E-state index in [4.69, 9.17) is 5.11 Å². The van der Waals surface area contributed by atoms with Gasteiger partial charge >= 0.3 is 5.97 Å². The lowest BCUT2D eigenvalue weighted by molar-refractivity contribution is -0.137. The highest BCUT2D eigenvalue weighted by Crippen LogP contribution is 2.26. The number of carboxylic acid groups (broad SMARTS) is 1. The normalized spacial score (nSPS) is 13.5. The van der Waals surface area contributed by atoms with Crippen molar-refractivity contribution in [1.29, 1.82) is 0 Å². The number of aryl methyl sites for hydroxylation is 2. The first-order valence-corrected chi connectivity index (χ1v) is 17.3. The summed E-state index contributed by atoms with van der Waals surface area (Å²) in [5.74, 6) is -0.0829. The second-order valence-electron chi connectivity index (χ2n) is 12.5. The first-order chi connectivity index (χ1) is 22.7. The third kappa shape index (κ3) is 13.6. The number of hydrogen-bond acceptors (Lipinski definition) is 6. The quantitative estimate of drug-likeness (QED) is 0.147. The molecule has 2 amide bonds. The molecule has 3 N–H and O–H groups in total. The number of fused-ring (bicyclic) bond motifs is 2. The van der Waals surface area contributed by atoms with E-state index in [0.29, 0.717) is 50.7 Å². The van der Waals surface area contributed by atoms with E-state index in [1.54, 1.807) is 12.1 Å². The average Bonchev–Trinajstić information content (AvgIpc) is 3.04. The number of anilines is 2. The minimum Gasteiger partial charge on any atom is -0.481 e. The zero-order valence-electron chi connectivity index (χ0n) is 27.8. The number of hydrogen-bond donors (Lipinski definition) is 3. The van der Waals surface area contributed by atoms with Gasteiger partial charge < -0.3 is 15.7 Å². The number of Topliss-reactive ketones (excluding diaryl/α,β-unsaturated/α-hetero) is 3. The van der Waals surface area contributed by atoms with Gasteiger partial charge in [0.2, 0.25) is 11.8 Å². The summed E-state index contributed by atoms with van der Waals surface area (Å²) in [6.07, 6.45) is 14.1. The van der Waals surface area contributed by atoms with Crippen LogP contribution < -0.4 is 10.6 Å². The highest BCUT2D eigenvalue weighted by molar-refractivity contribution is 6.00. The number of unbranched alkanes of at least 4 members (excludes halogenated alkanes) is 6. The van der Waals surface area contributed by atoms with Gasteiger partial charge in [-0.3, -0.25) is 28.8 Å². The predicted molar refractivity (Wildman–Crippen MR) is 183 cm³/mol. The van der Waals surface area contributed by atoms with Crippen molar-refractivity contribution in [1.82, 2.24) is 0 Å². The van der Waals surface area contributed by atoms with Crippen LogP contribution in [-0.4, -0.2) is 40.2 Å². The maximum Gasteiger partial charge on any atom is 0.303 e. The molecule has 0 atom stereocenters. The van der Waals surface area contributed by atoms with Crippen molar-refractivity contribution in [2.75, 3.05) is 10.6 Å². The van der Waals surface area contributed by atoms with E-state index in [1.807, 2.05) is 31.2 Å². The monoisotopic (exact) mass is 646 g/mol. The second kappa shape index (κ2) is 20.2. The summed E-state index contributed by atoms with van der Waals surface area (Å²) in [6, 6.07) is 11.1. The molecule has 0 saturated carbocycles. The van der Waals surface area contributed by atoms with Crippen LogP contribution in [0.4, 0.5) is 11.4 Å². The number of nitrogens with one attached hydrogen (secondary N) is 2. The van der Waals surface area contributed by atoms with Crippen molar-refractivity contribution in [2.24, 2.45) is 0 Å². The molecule has 2 aromatic rings. The zero-order valence-corrected chi connectivity index (χ0v) is 27.8. The van der Waals surface area contributed by atoms with Crippen molar-refractivity contribution in [2.45, 2.75) is 129 Å². The largest absolute Gasteiger partial charge is 0.481 e. The molecule has 2 aliphatic carbocycles. The molecule has 2 aliphatic rings. The van der Waals surface area contributed by atoms with Crippen LogP contribution in [0.15, 0.2) is 36.4 Å². The summed E-state index contributed by atoms with van der Waals surface area (Å²) in [7, 11) is 0. The topological polar surface area (TPSA) is 147 Å². The van der Waals surface area contributed by atoms with E-state index in [9.17, 15) is 28.8 Å². The van der Waals surface area contributed by atoms with Crippen LogP contribution >= 0.6 is 0 Å². The van der Waals surface area contributed by atoms with E-state index < -0.39 is 5.97 Å². The Morgan fingerprint density at radius 2 is 1.02 bits per heavy atom. The van der Waals surface area contributed by atoms with Crippen LogP contribution in [0.25, 0.3) is 0 Å². The number of benzene rings is 2. The molecular weight excluding hydrogens is 596 g/mol. The number of ketones is 3. The van der Waals surface area contributed by atoms with Gasteiger partial charge in [-0.2, -0.15) is 0 Å². The minimum absolute atomic E-state index is 0.0155. The number of carbonyl (C=O) groups is 6. The van der Waals surface area contributed by atoms with Gasteiger partial charge in [0.05, 0.1) is 0 Å². The van der Waals surface area contributed by atoms with Gasteiger partial charge in [0.1, 0.15) is 5.78 Å². The standard InChI is InChI=1S/C20H27NO3.C18H23NO4/c1-2-17(22)9-5-3-4-6-11-20(24)21-16-12-13-18-15(14-16)8-7-10-19(18)23;20-16-7-5-6-13-12-14(10-11-15(13)16)19-17(21)8-3-1-2-4-9-18(22)23/h12-14H,2-11H2,1H3,(H,21,24);10-12H,1-9H2,(H,19,21)(H,22,23). The van der Waals surface area contributed by atoms with Gasteiger partial charge in [0.15, 0.2) is 11.6 Å². The summed E-state index contributed by atoms with van der Waals surface area (Å²) in [5, 5.41) is 14.3. The Labute approximate surface area is 278 Å². The molecule has 47 heavy (non-hydrogen) atoms. The number of carbonyl (C=O) groups excluding carboxylic acids is 5. The number of rotatable bonds is 17. The van der Waals surface area contributed by atoms with Gasteiger partial charge in [0.25, 0.3) is 0 Å². The average molecular weight is 647 g/mol. The maximum atomic E-state index is 12.0. The van der Waals surface area contributed by atoms with Crippen LogP contribution in [0.2, 0.25) is 0 Å². The van der Waals surface area contributed by atoms with Crippen LogP contribution in [0, 0.1) is 0 Å². The molecule has 0 saturated heterocycles. The first kappa shape index (κ1) is 37.3. The van der Waals surface area contributed by atoms with Gasteiger partial charge in [0, 0.05) is 67.4 Å². The molecular formula is C38H50N2O7. The molecule has 0 fully saturated rings. The fourth-order valence-electron chi connectivity index (χ4n) is 5.95. The molecule has 0 unspecified atom stereocenters. The second-order valence-corrected chi connectivity index (χ2v) is 12.5. The van der Waals surface area contributed by atoms with Crippen molar-refractivity contribution in [3.8, 4) is 0 Å². The summed E-state index contributed by atoms with van der Waals surface area (Å²) in [6.45, 7) is 1.89. The summed E-state index contributed by atoms with van der Waals surface area (Å²) in [5.41, 5.74) is 5.18. The Balaban J connectivity index is 0.000000256. The maximum absolute atomic E-state index is 12.0. The summed E-state index contributed by atoms with van der Waals surface area (Å²) < 4.78 is 0. The Hall–Kier alpha value is -4.14. The smallest absolute Gasteiger partial charge is 0.303 e. The van der Waals surface area contributed by atoms with E-state index in [0.717, 1.165) is 104 Å². The predicted octanol–water partition coefficient (Wildman–Crippen LogP) is 8.03. The van der Waals surface area contributed by atoms with Gasteiger partial charge in [-0.15, -0.1) is 0 Å². The molecule has 9 nitrogen and oxygen atoms in total.